The van der Waals surface area contributed by atoms with Gasteiger partial charge in [-0.05, 0) is 36.6 Å². The minimum atomic E-state index is -0.275. The van der Waals surface area contributed by atoms with Crippen molar-refractivity contribution in [2.45, 2.75) is 5.03 Å². The van der Waals surface area contributed by atoms with E-state index in [2.05, 4.69) is 10.3 Å². The Balaban J connectivity index is 2.15. The predicted octanol–water partition coefficient (Wildman–Crippen LogP) is 4.36. The van der Waals surface area contributed by atoms with Gasteiger partial charge in [0.05, 0.1) is 16.9 Å². The third-order valence-corrected chi connectivity index (χ3v) is 3.42. The molecule has 2 aromatic rings. The third-order valence-electron chi connectivity index (χ3n) is 2.33. The summed E-state index contributed by atoms with van der Waals surface area (Å²) in [7, 11) is 0. The highest BCUT2D eigenvalue weighted by atomic mass is 35.5. The van der Waals surface area contributed by atoms with Gasteiger partial charge in [-0.25, -0.2) is 4.98 Å². The minimum absolute atomic E-state index is 0.275. The number of amides is 1. The number of carbonyl (C=O) groups excluding carboxylic acids is 1. The van der Waals surface area contributed by atoms with Crippen LogP contribution in [0.4, 0.5) is 5.69 Å². The Morgan fingerprint density at radius 2 is 1.89 bits per heavy atom. The van der Waals surface area contributed by atoms with Gasteiger partial charge in [-0.2, -0.15) is 0 Å². The predicted molar refractivity (Wildman–Crippen MR) is 80.4 cm³/mol. The number of halogens is 2. The smallest absolute Gasteiger partial charge is 0.255 e. The fraction of sp³-hybridized carbons (Fsp3) is 0.0769. The summed E-state index contributed by atoms with van der Waals surface area (Å²) in [6, 6.07) is 8.34. The maximum atomic E-state index is 12.0. The molecule has 0 saturated heterocycles. The van der Waals surface area contributed by atoms with Crippen LogP contribution in [0.2, 0.25) is 10.0 Å². The van der Waals surface area contributed by atoms with Crippen molar-refractivity contribution in [1.29, 1.82) is 0 Å². The van der Waals surface area contributed by atoms with E-state index in [0.717, 1.165) is 5.03 Å². The molecule has 1 N–H and O–H groups in total. The van der Waals surface area contributed by atoms with E-state index in [1.807, 2.05) is 12.3 Å². The Morgan fingerprint density at radius 1 is 1.21 bits per heavy atom. The number of hydrogen-bond donors (Lipinski definition) is 1. The maximum absolute atomic E-state index is 12.0. The van der Waals surface area contributed by atoms with Crippen molar-refractivity contribution in [2.75, 3.05) is 11.6 Å². The Morgan fingerprint density at radius 3 is 2.42 bits per heavy atom. The molecule has 0 aliphatic carbocycles. The van der Waals surface area contributed by atoms with Gasteiger partial charge in [-0.15, -0.1) is 11.8 Å². The highest BCUT2D eigenvalue weighted by Gasteiger charge is 2.08. The highest BCUT2D eigenvalue weighted by Crippen LogP contribution is 2.20. The third kappa shape index (κ3) is 3.86. The molecule has 0 fully saturated rings. The zero-order valence-corrected chi connectivity index (χ0v) is 12.3. The first-order valence-corrected chi connectivity index (χ1v) is 7.34. The first-order valence-electron chi connectivity index (χ1n) is 5.36. The van der Waals surface area contributed by atoms with Crippen LogP contribution in [0, 0.1) is 0 Å². The molecule has 6 heteroatoms. The van der Waals surface area contributed by atoms with Crippen molar-refractivity contribution >= 4 is 46.6 Å². The number of rotatable bonds is 3. The summed E-state index contributed by atoms with van der Waals surface area (Å²) < 4.78 is 0. The topological polar surface area (TPSA) is 42.0 Å². The van der Waals surface area contributed by atoms with Crippen LogP contribution in [-0.4, -0.2) is 17.1 Å². The molecule has 0 atom stereocenters. The maximum Gasteiger partial charge on any atom is 0.255 e. The van der Waals surface area contributed by atoms with Crippen molar-refractivity contribution in [1.82, 2.24) is 4.98 Å². The van der Waals surface area contributed by atoms with Gasteiger partial charge in [0.25, 0.3) is 5.91 Å². The zero-order valence-electron chi connectivity index (χ0n) is 9.98. The molecule has 0 unspecified atom stereocenters. The van der Waals surface area contributed by atoms with Gasteiger partial charge in [0.1, 0.15) is 0 Å². The summed E-state index contributed by atoms with van der Waals surface area (Å²) in [6.07, 6.45) is 3.55. The lowest BCUT2D eigenvalue weighted by molar-refractivity contribution is 0.102. The van der Waals surface area contributed by atoms with Crippen LogP contribution < -0.4 is 5.32 Å². The molecule has 1 aromatic carbocycles. The minimum Gasteiger partial charge on any atom is -0.321 e. The number of hydrogen-bond acceptors (Lipinski definition) is 3. The van der Waals surface area contributed by atoms with Crippen LogP contribution in [0.3, 0.4) is 0 Å². The molecular weight excluding hydrogens is 303 g/mol. The fourth-order valence-electron chi connectivity index (χ4n) is 1.46. The molecule has 0 spiro atoms. The fourth-order valence-corrected chi connectivity index (χ4v) is 2.35. The number of nitrogens with one attached hydrogen (secondary N) is 1. The molecule has 0 saturated carbocycles. The van der Waals surface area contributed by atoms with Crippen LogP contribution in [0.15, 0.2) is 41.6 Å². The van der Waals surface area contributed by atoms with Crippen LogP contribution in [0.25, 0.3) is 0 Å². The quantitative estimate of drug-likeness (QED) is 0.856. The molecule has 19 heavy (non-hydrogen) atoms. The van der Waals surface area contributed by atoms with Crippen molar-refractivity contribution in [3.8, 4) is 0 Å². The van der Waals surface area contributed by atoms with Crippen molar-refractivity contribution in [3.63, 3.8) is 0 Å². The summed E-state index contributed by atoms with van der Waals surface area (Å²) in [5.41, 5.74) is 1.03. The second-order valence-corrected chi connectivity index (χ2v) is 5.40. The largest absolute Gasteiger partial charge is 0.321 e. The summed E-state index contributed by atoms with van der Waals surface area (Å²) in [4.78, 5) is 16.2. The van der Waals surface area contributed by atoms with E-state index in [-0.39, 0.29) is 5.91 Å². The van der Waals surface area contributed by atoms with E-state index < -0.39 is 0 Å². The van der Waals surface area contributed by atoms with Crippen LogP contribution >= 0.6 is 35.0 Å². The molecular formula is C13H10Cl2N2OS. The van der Waals surface area contributed by atoms with E-state index in [1.165, 1.54) is 11.8 Å². The van der Waals surface area contributed by atoms with Gasteiger partial charge in [0.15, 0.2) is 0 Å². The Bertz CT molecular complexity index is 582. The lowest BCUT2D eigenvalue weighted by atomic mass is 10.2. The Hall–Kier alpha value is -1.23. The lowest BCUT2D eigenvalue weighted by Crippen LogP contribution is -2.12. The van der Waals surface area contributed by atoms with Gasteiger partial charge < -0.3 is 5.32 Å². The van der Waals surface area contributed by atoms with E-state index in [9.17, 15) is 4.79 Å². The van der Waals surface area contributed by atoms with E-state index in [4.69, 9.17) is 23.2 Å². The standard InChI is InChI=1S/C13H10Cl2N2OS/c1-19-12-3-2-11(7-16-12)17-13(18)8-4-9(14)6-10(15)5-8/h2-7H,1H3,(H,17,18). The molecule has 0 aliphatic rings. The SMILES string of the molecule is CSc1ccc(NC(=O)c2cc(Cl)cc(Cl)c2)cn1. The number of carbonyl (C=O) groups is 1. The monoisotopic (exact) mass is 312 g/mol. The van der Waals surface area contributed by atoms with Gasteiger partial charge in [-0.3, -0.25) is 4.79 Å². The average Bonchev–Trinajstić information content (AvgIpc) is 2.38. The zero-order chi connectivity index (χ0) is 13.8. The number of pyridine rings is 1. The molecule has 0 radical (unpaired) electrons. The Labute approximate surface area is 125 Å². The summed E-state index contributed by atoms with van der Waals surface area (Å²) in [5.74, 6) is -0.275. The average molecular weight is 313 g/mol. The van der Waals surface area contributed by atoms with E-state index >= 15 is 0 Å². The molecule has 98 valence electrons. The normalized spacial score (nSPS) is 10.3. The molecule has 1 amide bonds. The van der Waals surface area contributed by atoms with Crippen molar-refractivity contribution in [3.05, 3.63) is 52.1 Å². The molecule has 0 bridgehead atoms. The molecule has 1 aromatic heterocycles. The van der Waals surface area contributed by atoms with Crippen LogP contribution in [-0.2, 0) is 0 Å². The first-order chi connectivity index (χ1) is 9.08. The van der Waals surface area contributed by atoms with Gasteiger partial charge in [-0.1, -0.05) is 23.2 Å². The Kier molecular flexibility index (Phi) is 4.69. The number of benzene rings is 1. The second kappa shape index (κ2) is 6.28. The number of thioether (sulfide) groups is 1. The van der Waals surface area contributed by atoms with Gasteiger partial charge >= 0.3 is 0 Å². The van der Waals surface area contributed by atoms with E-state index in [0.29, 0.717) is 21.3 Å². The summed E-state index contributed by atoms with van der Waals surface area (Å²) in [5, 5.41) is 4.48. The second-order valence-electron chi connectivity index (χ2n) is 3.70. The number of aromatic nitrogens is 1. The molecule has 2 rings (SSSR count). The lowest BCUT2D eigenvalue weighted by Gasteiger charge is -2.06. The van der Waals surface area contributed by atoms with Gasteiger partial charge in [0.2, 0.25) is 0 Å². The molecule has 3 nitrogen and oxygen atoms in total. The van der Waals surface area contributed by atoms with Crippen molar-refractivity contribution < 1.29 is 4.79 Å². The first kappa shape index (κ1) is 14.2. The summed E-state index contributed by atoms with van der Waals surface area (Å²) >= 11 is 13.3. The highest BCUT2D eigenvalue weighted by molar-refractivity contribution is 7.98. The number of nitrogens with zero attached hydrogens (tertiary/aromatic N) is 1. The van der Waals surface area contributed by atoms with Crippen LogP contribution in [0.1, 0.15) is 10.4 Å². The van der Waals surface area contributed by atoms with Crippen LogP contribution in [0.5, 0.6) is 0 Å². The molecule has 1 heterocycles. The number of anilines is 1. The van der Waals surface area contributed by atoms with Gasteiger partial charge in [0, 0.05) is 15.6 Å². The van der Waals surface area contributed by atoms with E-state index in [1.54, 1.807) is 30.5 Å². The summed E-state index contributed by atoms with van der Waals surface area (Å²) in [6.45, 7) is 0. The molecule has 0 aliphatic heterocycles. The van der Waals surface area contributed by atoms with Crippen molar-refractivity contribution in [2.24, 2.45) is 0 Å².